The number of rotatable bonds is 5. The highest BCUT2D eigenvalue weighted by Crippen LogP contribution is 2.22. The predicted octanol–water partition coefficient (Wildman–Crippen LogP) is 0.152. The van der Waals surface area contributed by atoms with Crippen molar-refractivity contribution in [3.05, 3.63) is 29.3 Å². The fraction of sp³-hybridized carbons (Fsp3) is 0.500. The largest absolute Gasteiger partial charge is 0.496 e. The number of amides is 3. The Morgan fingerprint density at radius 2 is 2.20 bits per heavy atom. The van der Waals surface area contributed by atoms with Gasteiger partial charge in [0.2, 0.25) is 17.7 Å². The van der Waals surface area contributed by atoms with Gasteiger partial charge in [-0.25, -0.2) is 0 Å². The first-order chi connectivity index (χ1) is 12.0. The Morgan fingerprint density at radius 1 is 1.40 bits per heavy atom. The quantitative estimate of drug-likeness (QED) is 0.795. The number of methoxy groups -OCH3 is 1. The molecule has 1 aromatic carbocycles. The molecule has 134 valence electrons. The van der Waals surface area contributed by atoms with E-state index in [1.54, 1.807) is 12.0 Å². The minimum atomic E-state index is -0.451. The summed E-state index contributed by atoms with van der Waals surface area (Å²) in [7, 11) is 1.63. The SMILES string of the molecule is COc1cc(CCC(=O)N[C@@H]2C[C@H]3C(=O)NCC(=O)N3C2)ccc1C. The first-order valence-corrected chi connectivity index (χ1v) is 8.48. The predicted molar refractivity (Wildman–Crippen MR) is 91.1 cm³/mol. The number of carbonyl (C=O) groups is 3. The molecular formula is C18H23N3O4. The highest BCUT2D eigenvalue weighted by atomic mass is 16.5. The van der Waals surface area contributed by atoms with Gasteiger partial charge in [-0.15, -0.1) is 0 Å². The fourth-order valence-corrected chi connectivity index (χ4v) is 3.42. The maximum Gasteiger partial charge on any atom is 0.243 e. The molecule has 2 aliphatic rings. The maximum atomic E-state index is 12.2. The van der Waals surface area contributed by atoms with Gasteiger partial charge < -0.3 is 20.3 Å². The second kappa shape index (κ2) is 7.13. The summed E-state index contributed by atoms with van der Waals surface area (Å²) in [5.41, 5.74) is 2.09. The van der Waals surface area contributed by atoms with Gasteiger partial charge in [0.05, 0.1) is 13.7 Å². The summed E-state index contributed by atoms with van der Waals surface area (Å²) in [6.07, 6.45) is 1.44. The molecular weight excluding hydrogens is 322 g/mol. The molecule has 0 bridgehead atoms. The van der Waals surface area contributed by atoms with Crippen LogP contribution in [0.2, 0.25) is 0 Å². The van der Waals surface area contributed by atoms with Crippen LogP contribution in [0.5, 0.6) is 5.75 Å². The van der Waals surface area contributed by atoms with E-state index in [0.29, 0.717) is 25.8 Å². The smallest absolute Gasteiger partial charge is 0.243 e. The number of nitrogens with zero attached hydrogens (tertiary/aromatic N) is 1. The third-order valence-electron chi connectivity index (χ3n) is 4.82. The zero-order chi connectivity index (χ0) is 18.0. The molecule has 7 heteroatoms. The fourth-order valence-electron chi connectivity index (χ4n) is 3.42. The molecule has 7 nitrogen and oxygen atoms in total. The number of benzene rings is 1. The Balaban J connectivity index is 1.52. The van der Waals surface area contributed by atoms with Crippen molar-refractivity contribution in [3.63, 3.8) is 0 Å². The summed E-state index contributed by atoms with van der Waals surface area (Å²) in [4.78, 5) is 37.4. The van der Waals surface area contributed by atoms with Gasteiger partial charge in [0.25, 0.3) is 0 Å². The molecule has 0 radical (unpaired) electrons. The standard InChI is InChI=1S/C18H23N3O4/c1-11-3-4-12(7-15(11)25-2)5-6-16(22)20-13-8-14-18(24)19-9-17(23)21(14)10-13/h3-4,7,13-14H,5-6,8-10H2,1-2H3,(H,19,24)(H,20,22)/t13-,14+/m1/s1. The van der Waals surface area contributed by atoms with Gasteiger partial charge in [-0.2, -0.15) is 0 Å². The first-order valence-electron chi connectivity index (χ1n) is 8.48. The van der Waals surface area contributed by atoms with E-state index in [0.717, 1.165) is 16.9 Å². The molecule has 2 heterocycles. The van der Waals surface area contributed by atoms with Gasteiger partial charge in [-0.1, -0.05) is 12.1 Å². The van der Waals surface area contributed by atoms with Gasteiger partial charge in [0.1, 0.15) is 11.8 Å². The molecule has 0 unspecified atom stereocenters. The van der Waals surface area contributed by atoms with Crippen LogP contribution in [0.15, 0.2) is 18.2 Å². The van der Waals surface area contributed by atoms with Crippen molar-refractivity contribution >= 4 is 17.7 Å². The van der Waals surface area contributed by atoms with E-state index in [4.69, 9.17) is 4.74 Å². The number of nitrogens with one attached hydrogen (secondary N) is 2. The van der Waals surface area contributed by atoms with Crippen LogP contribution < -0.4 is 15.4 Å². The Bertz CT molecular complexity index is 680. The minimum absolute atomic E-state index is 0.0469. The Hall–Kier alpha value is -2.57. The normalized spacial score (nSPS) is 22.4. The van der Waals surface area contributed by atoms with Crippen molar-refractivity contribution in [2.24, 2.45) is 0 Å². The number of hydrogen-bond acceptors (Lipinski definition) is 4. The van der Waals surface area contributed by atoms with Crippen LogP contribution in [0.4, 0.5) is 0 Å². The maximum absolute atomic E-state index is 12.2. The molecule has 2 fully saturated rings. The lowest BCUT2D eigenvalue weighted by atomic mass is 10.1. The van der Waals surface area contributed by atoms with E-state index in [1.165, 1.54) is 0 Å². The van der Waals surface area contributed by atoms with Crippen LogP contribution in [0, 0.1) is 6.92 Å². The van der Waals surface area contributed by atoms with Gasteiger partial charge in [-0.05, 0) is 37.0 Å². The molecule has 3 rings (SSSR count). The van der Waals surface area contributed by atoms with E-state index in [9.17, 15) is 14.4 Å². The minimum Gasteiger partial charge on any atom is -0.496 e. The van der Waals surface area contributed by atoms with Crippen LogP contribution >= 0.6 is 0 Å². The van der Waals surface area contributed by atoms with Crippen LogP contribution in [0.3, 0.4) is 0 Å². The van der Waals surface area contributed by atoms with Gasteiger partial charge in [0.15, 0.2) is 0 Å². The Kier molecular flexibility index (Phi) is 4.92. The lowest BCUT2D eigenvalue weighted by Crippen LogP contribution is -2.55. The van der Waals surface area contributed by atoms with Gasteiger partial charge >= 0.3 is 0 Å². The van der Waals surface area contributed by atoms with Crippen LogP contribution in [0.25, 0.3) is 0 Å². The number of ether oxygens (including phenoxy) is 1. The average molecular weight is 345 g/mol. The van der Waals surface area contributed by atoms with Crippen LogP contribution in [0.1, 0.15) is 24.0 Å². The highest BCUT2D eigenvalue weighted by molar-refractivity contribution is 5.95. The van der Waals surface area contributed by atoms with Crippen molar-refractivity contribution in [1.29, 1.82) is 0 Å². The molecule has 25 heavy (non-hydrogen) atoms. The monoisotopic (exact) mass is 345 g/mol. The summed E-state index contributed by atoms with van der Waals surface area (Å²) in [5, 5.41) is 5.53. The third-order valence-corrected chi connectivity index (χ3v) is 4.82. The van der Waals surface area contributed by atoms with E-state index in [1.807, 2.05) is 25.1 Å². The topological polar surface area (TPSA) is 87.7 Å². The Labute approximate surface area is 146 Å². The average Bonchev–Trinajstić information content (AvgIpc) is 3.02. The van der Waals surface area contributed by atoms with E-state index < -0.39 is 6.04 Å². The molecule has 2 saturated heterocycles. The second-order valence-corrected chi connectivity index (χ2v) is 6.58. The van der Waals surface area contributed by atoms with Crippen LogP contribution in [-0.4, -0.2) is 54.9 Å². The number of carbonyl (C=O) groups excluding carboxylic acids is 3. The number of hydrogen-bond donors (Lipinski definition) is 2. The van der Waals surface area contributed by atoms with Crippen LogP contribution in [-0.2, 0) is 20.8 Å². The first kappa shape index (κ1) is 17.3. The van der Waals surface area contributed by atoms with E-state index in [-0.39, 0.29) is 30.3 Å². The zero-order valence-electron chi connectivity index (χ0n) is 14.5. The van der Waals surface area contributed by atoms with Gasteiger partial charge in [-0.3, -0.25) is 14.4 Å². The summed E-state index contributed by atoms with van der Waals surface area (Å²) in [5.74, 6) is 0.517. The van der Waals surface area contributed by atoms with Gasteiger partial charge in [0, 0.05) is 19.0 Å². The molecule has 0 aliphatic carbocycles. The second-order valence-electron chi connectivity index (χ2n) is 6.58. The summed E-state index contributed by atoms with van der Waals surface area (Å²) < 4.78 is 5.30. The van der Waals surface area contributed by atoms with E-state index >= 15 is 0 Å². The summed E-state index contributed by atoms with van der Waals surface area (Å²) in [6.45, 7) is 2.42. The summed E-state index contributed by atoms with van der Waals surface area (Å²) >= 11 is 0. The van der Waals surface area contributed by atoms with Crippen molar-refractivity contribution in [2.45, 2.75) is 38.3 Å². The van der Waals surface area contributed by atoms with Crippen molar-refractivity contribution < 1.29 is 19.1 Å². The molecule has 2 aliphatic heterocycles. The zero-order valence-corrected chi connectivity index (χ0v) is 14.5. The lowest BCUT2D eigenvalue weighted by molar-refractivity contribution is -0.143. The number of aryl methyl sites for hydroxylation is 2. The molecule has 0 spiro atoms. The summed E-state index contributed by atoms with van der Waals surface area (Å²) in [6, 6.07) is 5.29. The van der Waals surface area contributed by atoms with Crippen molar-refractivity contribution in [3.8, 4) is 5.75 Å². The van der Waals surface area contributed by atoms with Crippen molar-refractivity contribution in [2.75, 3.05) is 20.2 Å². The molecule has 1 aromatic rings. The number of fused-ring (bicyclic) bond motifs is 1. The molecule has 0 aromatic heterocycles. The van der Waals surface area contributed by atoms with E-state index in [2.05, 4.69) is 10.6 Å². The van der Waals surface area contributed by atoms with Crippen molar-refractivity contribution in [1.82, 2.24) is 15.5 Å². The lowest BCUT2D eigenvalue weighted by Gasteiger charge is -2.28. The molecule has 2 atom stereocenters. The molecule has 2 N–H and O–H groups in total. The highest BCUT2D eigenvalue weighted by Gasteiger charge is 2.42. The number of piperazine rings is 1. The third kappa shape index (κ3) is 3.75. The Morgan fingerprint density at radius 3 is 2.92 bits per heavy atom. The molecule has 3 amide bonds. The molecule has 0 saturated carbocycles.